The van der Waals surface area contributed by atoms with Crippen LogP contribution in [0.15, 0.2) is 16.5 Å². The van der Waals surface area contributed by atoms with Gasteiger partial charge in [0.2, 0.25) is 0 Å². The number of furan rings is 1. The minimum absolute atomic E-state index is 0.310. The van der Waals surface area contributed by atoms with E-state index < -0.39 is 0 Å². The molecule has 2 nitrogen and oxygen atoms in total. The van der Waals surface area contributed by atoms with Crippen LogP contribution in [0.4, 0.5) is 0 Å². The van der Waals surface area contributed by atoms with Gasteiger partial charge < -0.3 is 9.52 Å². The van der Waals surface area contributed by atoms with E-state index in [-0.39, 0.29) is 0 Å². The van der Waals surface area contributed by atoms with E-state index in [2.05, 4.69) is 0 Å². The second-order valence-corrected chi connectivity index (χ2v) is 1.37. The Morgan fingerprint density at radius 2 is 2.38 bits per heavy atom. The molecule has 0 bridgehead atoms. The number of hydrogen-bond acceptors (Lipinski definition) is 2. The van der Waals surface area contributed by atoms with Crippen molar-refractivity contribution in [2.45, 2.75) is 0 Å². The highest BCUT2D eigenvalue weighted by Crippen LogP contribution is 1.62. The first-order chi connectivity index (χ1) is 3.83. The summed E-state index contributed by atoms with van der Waals surface area (Å²) >= 11 is 0. The van der Waals surface area contributed by atoms with Gasteiger partial charge in [-0.05, 0) is 0 Å². The van der Waals surface area contributed by atoms with Gasteiger partial charge >= 0.3 is 5.42 Å². The molecule has 0 aliphatic heterocycles. The average Bonchev–Trinajstić information content (AvgIpc) is 2.14. The Bertz CT molecular complexity index is 258. The third-order valence-corrected chi connectivity index (χ3v) is 0.775. The van der Waals surface area contributed by atoms with Gasteiger partial charge in [-0.25, -0.2) is 0 Å². The van der Waals surface area contributed by atoms with Crippen LogP contribution in [0.5, 0.6) is 0 Å². The molecule has 0 saturated carbocycles. The van der Waals surface area contributed by atoms with E-state index >= 15 is 0 Å². The summed E-state index contributed by atoms with van der Waals surface area (Å²) < 4.78 is 4.70. The number of aliphatic hydroxyl groups is 1. The van der Waals surface area contributed by atoms with Crippen molar-refractivity contribution in [3.63, 3.8) is 0 Å². The van der Waals surface area contributed by atoms with Crippen molar-refractivity contribution in [3.05, 3.63) is 23.0 Å². The summed E-state index contributed by atoms with van der Waals surface area (Å²) in [5.41, 5.74) is 0.688. The molecular weight excluding hydrogens is 104 g/mol. The van der Waals surface area contributed by atoms with Crippen LogP contribution in [-0.4, -0.2) is 5.11 Å². The Kier molecular flexibility index (Phi) is 1.03. The Morgan fingerprint density at radius 3 is 2.62 bits per heavy atom. The van der Waals surface area contributed by atoms with Gasteiger partial charge in [-0.1, -0.05) is 0 Å². The monoisotopic (exact) mass is 109 g/mol. The molecule has 1 N–H and O–H groups in total. The molecule has 0 aliphatic carbocycles. The van der Waals surface area contributed by atoms with E-state index in [1.807, 2.05) is 0 Å². The fourth-order valence-corrected chi connectivity index (χ4v) is 0.438. The van der Waals surface area contributed by atoms with Crippen molar-refractivity contribution in [2.24, 2.45) is 0 Å². The molecule has 1 aromatic heterocycles. The van der Waals surface area contributed by atoms with Crippen LogP contribution in [0, 0.1) is 0 Å². The van der Waals surface area contributed by atoms with Crippen molar-refractivity contribution < 1.29 is 9.52 Å². The van der Waals surface area contributed by atoms with Gasteiger partial charge in [0, 0.05) is 0 Å². The van der Waals surface area contributed by atoms with E-state index in [0.717, 1.165) is 6.26 Å². The molecule has 40 valence electrons. The van der Waals surface area contributed by atoms with E-state index in [0.29, 0.717) is 10.8 Å². The van der Waals surface area contributed by atoms with Gasteiger partial charge in [0.15, 0.2) is 5.42 Å². The van der Waals surface area contributed by atoms with Crippen molar-refractivity contribution >= 4 is 12.8 Å². The Labute approximate surface area is 46.4 Å². The van der Waals surface area contributed by atoms with Crippen LogP contribution in [-0.2, 0) is 0 Å². The Balaban J connectivity index is 3.41. The first-order valence-electron chi connectivity index (χ1n) is 2.15. The smallest absolute Gasteiger partial charge is 0.346 e. The minimum atomic E-state index is 0.310. The van der Waals surface area contributed by atoms with Crippen molar-refractivity contribution in [1.29, 1.82) is 0 Å². The molecule has 8 heavy (non-hydrogen) atoms. The summed E-state index contributed by atoms with van der Waals surface area (Å²) in [6.45, 7) is 5.16. The Morgan fingerprint density at radius 1 is 1.62 bits per heavy atom. The molecule has 1 heterocycles. The molecular formula is C6H5O2+. The molecule has 0 saturated heterocycles. The molecule has 1 rings (SSSR count). The summed E-state index contributed by atoms with van der Waals surface area (Å²) in [6.07, 6.45) is 0.857. The molecule has 0 aliphatic rings. The highest BCUT2D eigenvalue weighted by molar-refractivity contribution is 5.06. The van der Waals surface area contributed by atoms with E-state index in [1.165, 1.54) is 0 Å². The highest BCUT2D eigenvalue weighted by atomic mass is 16.3. The number of aliphatic hydroxyl groups excluding tert-OH is 1. The summed E-state index contributed by atoms with van der Waals surface area (Å²) in [7, 11) is 0. The zero-order valence-electron chi connectivity index (χ0n) is 4.16. The van der Waals surface area contributed by atoms with Crippen molar-refractivity contribution in [2.75, 3.05) is 0 Å². The van der Waals surface area contributed by atoms with Gasteiger partial charge in [0.25, 0.3) is 0 Å². The summed E-state index contributed by atoms with van der Waals surface area (Å²) in [4.78, 5) is 0. The predicted octanol–water partition coefficient (Wildman–Crippen LogP) is -0.137. The van der Waals surface area contributed by atoms with E-state index in [9.17, 15) is 0 Å². The Hall–Kier alpha value is -1.27. The largest absolute Gasteiger partial charge is 0.512 e. The number of hydrogen-bond donors (Lipinski definition) is 1. The zero-order valence-corrected chi connectivity index (χ0v) is 4.16. The summed E-state index contributed by atoms with van der Waals surface area (Å²) in [5.74, 6) is 0. The fraction of sp³-hybridized carbons (Fsp3) is 0. The van der Waals surface area contributed by atoms with Gasteiger partial charge in [-0.3, -0.25) is 0 Å². The molecule has 0 radical (unpaired) electrons. The van der Waals surface area contributed by atoms with Crippen LogP contribution < -0.4 is 10.8 Å². The maximum atomic E-state index is 8.28. The van der Waals surface area contributed by atoms with Crippen LogP contribution >= 0.6 is 0 Å². The third-order valence-electron chi connectivity index (χ3n) is 0.775. The lowest BCUT2D eigenvalue weighted by molar-refractivity contribution is 0.466. The number of rotatable bonds is 0. The topological polar surface area (TPSA) is 33.4 Å². The summed E-state index contributed by atoms with van der Waals surface area (Å²) in [5, 5.41) is 8.28. The van der Waals surface area contributed by atoms with Gasteiger partial charge in [0.1, 0.15) is 12.3 Å². The quantitative estimate of drug-likeness (QED) is 0.470. The first-order valence-corrected chi connectivity index (χ1v) is 2.15. The van der Waals surface area contributed by atoms with Crippen LogP contribution in [0.3, 0.4) is 0 Å². The van der Waals surface area contributed by atoms with Crippen LogP contribution in [0.2, 0.25) is 0 Å². The van der Waals surface area contributed by atoms with Crippen LogP contribution in [0.25, 0.3) is 12.8 Å². The third kappa shape index (κ3) is 0.695. The molecule has 0 unspecified atom stereocenters. The maximum Gasteiger partial charge on any atom is 0.346 e. The van der Waals surface area contributed by atoms with Crippen LogP contribution in [0.1, 0.15) is 0 Å². The SMILES string of the molecule is [CH+]=c1ccc(=CO)o1. The van der Waals surface area contributed by atoms with Gasteiger partial charge in [0.05, 0.1) is 12.6 Å². The predicted molar refractivity (Wildman–Crippen MR) is 29.5 cm³/mol. The van der Waals surface area contributed by atoms with Gasteiger partial charge in [-0.2, -0.15) is 0 Å². The lowest BCUT2D eigenvalue weighted by atomic mass is 10.6. The molecule has 2 heteroatoms. The fourth-order valence-electron chi connectivity index (χ4n) is 0.438. The highest BCUT2D eigenvalue weighted by Gasteiger charge is 1.88. The molecule has 0 fully saturated rings. The summed E-state index contributed by atoms with van der Waals surface area (Å²) in [6, 6.07) is 3.15. The second kappa shape index (κ2) is 1.68. The molecule has 0 atom stereocenters. The molecule has 0 amide bonds. The zero-order chi connectivity index (χ0) is 5.98. The standard InChI is InChI=1S/C6H4O2/c1-5-2-3-6(4-7)8-5/h1-4H/p+1. The maximum absolute atomic E-state index is 8.28. The molecule has 0 spiro atoms. The lowest BCUT2D eigenvalue weighted by Gasteiger charge is -1.62. The van der Waals surface area contributed by atoms with E-state index in [4.69, 9.17) is 16.1 Å². The average molecular weight is 109 g/mol. The lowest BCUT2D eigenvalue weighted by Crippen LogP contribution is -1.95. The normalized spacial score (nSPS) is 12.1. The van der Waals surface area contributed by atoms with Gasteiger partial charge in [-0.15, -0.1) is 0 Å². The van der Waals surface area contributed by atoms with Crippen molar-refractivity contribution in [3.8, 4) is 0 Å². The minimum Gasteiger partial charge on any atom is -0.512 e. The van der Waals surface area contributed by atoms with Crippen molar-refractivity contribution in [1.82, 2.24) is 0 Å². The first kappa shape index (κ1) is 4.88. The van der Waals surface area contributed by atoms with E-state index in [1.54, 1.807) is 12.1 Å². The second-order valence-electron chi connectivity index (χ2n) is 1.37. The molecule has 1 aromatic rings. The molecule has 0 aromatic carbocycles.